The Morgan fingerprint density at radius 2 is 1.93 bits per heavy atom. The number of aryl methyl sites for hydroxylation is 1. The Morgan fingerprint density at radius 1 is 1.21 bits per heavy atom. The monoisotopic (exact) mass is 383 g/mol. The Morgan fingerprint density at radius 3 is 2.54 bits per heavy atom. The van der Waals surface area contributed by atoms with Crippen LogP contribution in [0.5, 0.6) is 0 Å². The number of nitrogens with zero attached hydrogens (tertiary/aromatic N) is 3. The quantitative estimate of drug-likeness (QED) is 0.579. The molecule has 0 spiro atoms. The fourth-order valence-corrected chi connectivity index (χ4v) is 4.40. The third-order valence-corrected chi connectivity index (χ3v) is 6.06. The van der Waals surface area contributed by atoms with E-state index in [1.807, 2.05) is 46.0 Å². The minimum atomic E-state index is 0.0307. The lowest BCUT2D eigenvalue weighted by atomic mass is 9.98. The molecule has 1 fully saturated rings. The highest BCUT2D eigenvalue weighted by Gasteiger charge is 2.34. The smallest absolute Gasteiger partial charge is 0.247 e. The predicted octanol–water partition coefficient (Wildman–Crippen LogP) is 2.22. The van der Waals surface area contributed by atoms with Crippen LogP contribution in [0.2, 0.25) is 0 Å². The van der Waals surface area contributed by atoms with Crippen LogP contribution >= 0.6 is 0 Å². The summed E-state index contributed by atoms with van der Waals surface area (Å²) in [6, 6.07) is 1.98. The molecule has 0 saturated carbocycles. The molecule has 0 aliphatic carbocycles. The predicted molar refractivity (Wildman–Crippen MR) is 107 cm³/mol. The second kappa shape index (κ2) is 7.95. The summed E-state index contributed by atoms with van der Waals surface area (Å²) in [5, 5.41) is 0. The van der Waals surface area contributed by atoms with E-state index in [4.69, 9.17) is 4.74 Å². The molecule has 1 aromatic rings. The van der Waals surface area contributed by atoms with Gasteiger partial charge in [0.25, 0.3) is 0 Å². The number of rotatable bonds is 5. The molecule has 0 radical (unpaired) electrons. The average molecular weight is 383 g/mol. The fourth-order valence-electron chi connectivity index (χ4n) is 4.40. The Labute approximate surface area is 166 Å². The van der Waals surface area contributed by atoms with Gasteiger partial charge in [0.1, 0.15) is 0 Å². The number of hydrogen-bond acceptors (Lipinski definition) is 3. The number of carbonyl (C=O) groups is 2. The van der Waals surface area contributed by atoms with Gasteiger partial charge >= 0.3 is 0 Å². The van der Waals surface area contributed by atoms with E-state index in [1.54, 1.807) is 6.08 Å². The highest BCUT2D eigenvalue weighted by atomic mass is 16.5. The molecule has 6 nitrogen and oxygen atoms in total. The Balaban J connectivity index is 1.25. The number of aromatic nitrogens is 1. The SMILES string of the molecule is CC(CC(=O)N1CC2=C(CN(C(=O)/C=C/c3ccn(C)c3)C2)C1)C1CCCO1. The molecule has 4 heterocycles. The molecule has 3 aliphatic rings. The summed E-state index contributed by atoms with van der Waals surface area (Å²) in [5.74, 6) is 0.508. The molecule has 0 aromatic carbocycles. The first kappa shape index (κ1) is 19.0. The van der Waals surface area contributed by atoms with Crippen LogP contribution in [0.25, 0.3) is 6.08 Å². The number of hydrogen-bond donors (Lipinski definition) is 0. The normalized spacial score (nSPS) is 23.1. The second-order valence-corrected chi connectivity index (χ2v) is 8.33. The van der Waals surface area contributed by atoms with Crippen molar-refractivity contribution < 1.29 is 14.3 Å². The van der Waals surface area contributed by atoms with Gasteiger partial charge in [-0.15, -0.1) is 0 Å². The minimum Gasteiger partial charge on any atom is -0.378 e. The molecular formula is C22H29N3O3. The van der Waals surface area contributed by atoms with Crippen LogP contribution < -0.4 is 0 Å². The minimum absolute atomic E-state index is 0.0307. The lowest BCUT2D eigenvalue weighted by Crippen LogP contribution is -2.37. The van der Waals surface area contributed by atoms with E-state index in [0.717, 1.165) is 25.0 Å². The third-order valence-electron chi connectivity index (χ3n) is 6.06. The molecule has 2 atom stereocenters. The van der Waals surface area contributed by atoms with Crippen LogP contribution in [0.15, 0.2) is 35.7 Å². The maximum atomic E-state index is 12.7. The van der Waals surface area contributed by atoms with Gasteiger partial charge in [-0.1, -0.05) is 6.92 Å². The zero-order valence-electron chi connectivity index (χ0n) is 16.8. The molecular weight excluding hydrogens is 354 g/mol. The van der Waals surface area contributed by atoms with Gasteiger partial charge in [-0.3, -0.25) is 9.59 Å². The van der Waals surface area contributed by atoms with E-state index in [2.05, 4.69) is 6.92 Å². The topological polar surface area (TPSA) is 54.8 Å². The van der Waals surface area contributed by atoms with Crippen LogP contribution in [0.3, 0.4) is 0 Å². The molecule has 2 amide bonds. The van der Waals surface area contributed by atoms with Gasteiger partial charge in [-0.2, -0.15) is 0 Å². The molecule has 2 unspecified atom stereocenters. The van der Waals surface area contributed by atoms with Crippen molar-refractivity contribution in [3.8, 4) is 0 Å². The van der Waals surface area contributed by atoms with E-state index < -0.39 is 0 Å². The van der Waals surface area contributed by atoms with Gasteiger partial charge in [-0.25, -0.2) is 0 Å². The zero-order valence-corrected chi connectivity index (χ0v) is 16.8. The molecule has 150 valence electrons. The maximum Gasteiger partial charge on any atom is 0.247 e. The summed E-state index contributed by atoms with van der Waals surface area (Å²) in [5.41, 5.74) is 3.49. The second-order valence-electron chi connectivity index (χ2n) is 8.33. The average Bonchev–Trinajstić information content (AvgIpc) is 3.42. The third kappa shape index (κ3) is 4.07. The van der Waals surface area contributed by atoms with Gasteiger partial charge in [0.05, 0.1) is 6.10 Å². The van der Waals surface area contributed by atoms with Crippen molar-refractivity contribution in [1.29, 1.82) is 0 Å². The number of ether oxygens (including phenoxy) is 1. The number of carbonyl (C=O) groups excluding carboxylic acids is 2. The van der Waals surface area contributed by atoms with Crippen molar-refractivity contribution >= 4 is 17.9 Å². The van der Waals surface area contributed by atoms with Gasteiger partial charge in [0.15, 0.2) is 0 Å². The Kier molecular flexibility index (Phi) is 5.40. The van der Waals surface area contributed by atoms with Crippen LogP contribution in [0.1, 0.15) is 31.7 Å². The van der Waals surface area contributed by atoms with E-state index >= 15 is 0 Å². The molecule has 4 rings (SSSR count). The molecule has 1 saturated heterocycles. The molecule has 6 heteroatoms. The summed E-state index contributed by atoms with van der Waals surface area (Å²) in [6.45, 7) is 5.55. The van der Waals surface area contributed by atoms with Gasteiger partial charge < -0.3 is 19.1 Å². The summed E-state index contributed by atoms with van der Waals surface area (Å²) in [6.07, 6.45) is 10.4. The highest BCUT2D eigenvalue weighted by molar-refractivity contribution is 5.92. The number of amides is 2. The van der Waals surface area contributed by atoms with Crippen molar-refractivity contribution in [1.82, 2.24) is 14.4 Å². The van der Waals surface area contributed by atoms with Crippen LogP contribution in [-0.2, 0) is 21.4 Å². The highest BCUT2D eigenvalue weighted by Crippen LogP contribution is 2.28. The van der Waals surface area contributed by atoms with Crippen molar-refractivity contribution in [3.05, 3.63) is 41.2 Å². The summed E-state index contributed by atoms with van der Waals surface area (Å²) in [4.78, 5) is 29.0. The standard InChI is InChI=1S/C22H29N3O3/c1-16(20-4-3-9-28-20)10-22(27)25-14-18-12-24(13-19(18)15-25)21(26)6-5-17-7-8-23(2)11-17/h5-8,11,16,20H,3-4,9-10,12-15H2,1-2H3/b6-5+. The molecule has 0 N–H and O–H groups in total. The van der Waals surface area contributed by atoms with E-state index in [1.165, 1.54) is 11.1 Å². The van der Waals surface area contributed by atoms with E-state index in [0.29, 0.717) is 32.6 Å². The fraction of sp³-hybridized carbons (Fsp3) is 0.545. The van der Waals surface area contributed by atoms with Crippen molar-refractivity contribution in [2.24, 2.45) is 13.0 Å². The summed E-state index contributed by atoms with van der Waals surface area (Å²) >= 11 is 0. The Bertz CT molecular complexity index is 799. The van der Waals surface area contributed by atoms with Gasteiger partial charge in [-0.05, 0) is 47.6 Å². The first-order valence-electron chi connectivity index (χ1n) is 10.2. The van der Waals surface area contributed by atoms with Crippen LogP contribution in [0, 0.1) is 5.92 Å². The molecule has 0 bridgehead atoms. The zero-order chi connectivity index (χ0) is 19.7. The lowest BCUT2D eigenvalue weighted by Gasteiger charge is -2.25. The summed E-state index contributed by atoms with van der Waals surface area (Å²) < 4.78 is 7.68. The van der Waals surface area contributed by atoms with Crippen LogP contribution in [-0.4, -0.2) is 65.1 Å². The van der Waals surface area contributed by atoms with Crippen molar-refractivity contribution in [2.45, 2.75) is 32.3 Å². The largest absolute Gasteiger partial charge is 0.378 e. The van der Waals surface area contributed by atoms with E-state index in [-0.39, 0.29) is 23.8 Å². The molecule has 1 aromatic heterocycles. The molecule has 3 aliphatic heterocycles. The maximum absolute atomic E-state index is 12.7. The lowest BCUT2D eigenvalue weighted by molar-refractivity contribution is -0.132. The first-order valence-corrected chi connectivity index (χ1v) is 10.2. The van der Waals surface area contributed by atoms with Gasteiger partial charge in [0.2, 0.25) is 11.8 Å². The van der Waals surface area contributed by atoms with E-state index in [9.17, 15) is 9.59 Å². The van der Waals surface area contributed by atoms with Crippen LogP contribution in [0.4, 0.5) is 0 Å². The van der Waals surface area contributed by atoms with Crippen molar-refractivity contribution in [2.75, 3.05) is 32.8 Å². The van der Waals surface area contributed by atoms with Crippen molar-refractivity contribution in [3.63, 3.8) is 0 Å². The first-order chi connectivity index (χ1) is 13.5. The Hall–Kier alpha value is -2.34. The van der Waals surface area contributed by atoms with Gasteiger partial charge in [0, 0.05) is 64.7 Å². The molecule has 28 heavy (non-hydrogen) atoms. The summed E-state index contributed by atoms with van der Waals surface area (Å²) in [7, 11) is 1.96.